The summed E-state index contributed by atoms with van der Waals surface area (Å²) in [5.74, 6) is -0.0238. The van der Waals surface area contributed by atoms with E-state index in [1.54, 1.807) is 6.07 Å². The van der Waals surface area contributed by atoms with Crippen LogP contribution in [-0.2, 0) is 10.0 Å². The van der Waals surface area contributed by atoms with Gasteiger partial charge in [0.25, 0.3) is 0 Å². The van der Waals surface area contributed by atoms with Crippen molar-refractivity contribution in [3.63, 3.8) is 0 Å². The molecule has 0 saturated carbocycles. The van der Waals surface area contributed by atoms with Crippen LogP contribution >= 0.6 is 0 Å². The van der Waals surface area contributed by atoms with E-state index in [9.17, 15) is 13.5 Å². The highest BCUT2D eigenvalue weighted by atomic mass is 32.2. The molecule has 0 aromatic heterocycles. The standard InChI is InChI=1S/C14H22N2O3S/c1-3-12(2)15-7-9-16(10-8-15)20(18,19)14-6-4-5-13(17)11-14/h4-6,11-12,17H,3,7-10H2,1-2H3. The molecule has 20 heavy (non-hydrogen) atoms. The average molecular weight is 298 g/mol. The number of rotatable bonds is 4. The SMILES string of the molecule is CCC(C)N1CCN(S(=O)(=O)c2cccc(O)c2)CC1. The maximum atomic E-state index is 12.5. The summed E-state index contributed by atoms with van der Waals surface area (Å²) in [6.07, 6.45) is 1.07. The first-order valence-electron chi connectivity index (χ1n) is 6.98. The molecule has 2 rings (SSSR count). The third-order valence-electron chi connectivity index (χ3n) is 3.94. The lowest BCUT2D eigenvalue weighted by Crippen LogP contribution is -2.51. The number of hydrogen-bond donors (Lipinski definition) is 1. The van der Waals surface area contributed by atoms with Crippen molar-refractivity contribution in [2.24, 2.45) is 0 Å². The third kappa shape index (κ3) is 3.13. The molecule has 1 N–H and O–H groups in total. The average Bonchev–Trinajstić information content (AvgIpc) is 2.46. The highest BCUT2D eigenvalue weighted by molar-refractivity contribution is 7.89. The van der Waals surface area contributed by atoms with Crippen LogP contribution in [0.1, 0.15) is 20.3 Å². The van der Waals surface area contributed by atoms with Gasteiger partial charge in [0, 0.05) is 32.2 Å². The van der Waals surface area contributed by atoms with Crippen molar-refractivity contribution in [2.75, 3.05) is 26.2 Å². The van der Waals surface area contributed by atoms with E-state index in [1.165, 1.54) is 22.5 Å². The van der Waals surface area contributed by atoms with Gasteiger partial charge >= 0.3 is 0 Å². The molecule has 1 heterocycles. The minimum absolute atomic E-state index is 0.0238. The number of hydrogen-bond acceptors (Lipinski definition) is 4. The van der Waals surface area contributed by atoms with Crippen molar-refractivity contribution in [3.8, 4) is 5.75 Å². The molecule has 0 aliphatic carbocycles. The second-order valence-corrected chi connectivity index (χ2v) is 7.13. The molecule has 1 aliphatic rings. The first kappa shape index (κ1) is 15.3. The Morgan fingerprint density at radius 3 is 2.45 bits per heavy atom. The van der Waals surface area contributed by atoms with Crippen molar-refractivity contribution in [1.29, 1.82) is 0 Å². The molecule has 112 valence electrons. The van der Waals surface area contributed by atoms with Gasteiger partial charge < -0.3 is 5.11 Å². The first-order chi connectivity index (χ1) is 9.45. The van der Waals surface area contributed by atoms with Gasteiger partial charge in [0.2, 0.25) is 10.0 Å². The Morgan fingerprint density at radius 1 is 1.25 bits per heavy atom. The smallest absolute Gasteiger partial charge is 0.243 e. The van der Waals surface area contributed by atoms with Crippen LogP contribution in [0.2, 0.25) is 0 Å². The van der Waals surface area contributed by atoms with Crippen LogP contribution in [-0.4, -0.2) is 55.0 Å². The molecule has 0 spiro atoms. The van der Waals surface area contributed by atoms with Gasteiger partial charge in [0.05, 0.1) is 4.90 Å². The van der Waals surface area contributed by atoms with E-state index < -0.39 is 10.0 Å². The topological polar surface area (TPSA) is 60.9 Å². The van der Waals surface area contributed by atoms with E-state index in [-0.39, 0.29) is 10.6 Å². The number of sulfonamides is 1. The van der Waals surface area contributed by atoms with Crippen molar-refractivity contribution in [2.45, 2.75) is 31.2 Å². The van der Waals surface area contributed by atoms with Crippen LogP contribution in [0.4, 0.5) is 0 Å². The van der Waals surface area contributed by atoms with Gasteiger partial charge in [-0.3, -0.25) is 4.90 Å². The van der Waals surface area contributed by atoms with Gasteiger partial charge in [-0.05, 0) is 31.5 Å². The van der Waals surface area contributed by atoms with Gasteiger partial charge in [-0.15, -0.1) is 0 Å². The van der Waals surface area contributed by atoms with E-state index in [0.717, 1.165) is 19.5 Å². The summed E-state index contributed by atoms with van der Waals surface area (Å²) >= 11 is 0. The summed E-state index contributed by atoms with van der Waals surface area (Å²) < 4.78 is 26.5. The van der Waals surface area contributed by atoms with Crippen LogP contribution in [0.25, 0.3) is 0 Å². The van der Waals surface area contributed by atoms with E-state index in [1.807, 2.05) is 0 Å². The minimum Gasteiger partial charge on any atom is -0.508 e. The van der Waals surface area contributed by atoms with Gasteiger partial charge in [0.1, 0.15) is 5.75 Å². The van der Waals surface area contributed by atoms with E-state index >= 15 is 0 Å². The molecule has 1 aromatic carbocycles. The monoisotopic (exact) mass is 298 g/mol. The molecule has 1 fully saturated rings. The van der Waals surface area contributed by atoms with E-state index in [2.05, 4.69) is 18.7 Å². The molecular weight excluding hydrogens is 276 g/mol. The molecule has 1 aliphatic heterocycles. The summed E-state index contributed by atoms with van der Waals surface area (Å²) in [7, 11) is -3.49. The van der Waals surface area contributed by atoms with Crippen molar-refractivity contribution < 1.29 is 13.5 Å². The zero-order chi connectivity index (χ0) is 14.8. The normalized spacial score (nSPS) is 19.9. The van der Waals surface area contributed by atoms with Gasteiger partial charge in [-0.1, -0.05) is 13.0 Å². The lowest BCUT2D eigenvalue weighted by molar-refractivity contribution is 0.142. The lowest BCUT2D eigenvalue weighted by atomic mass is 10.2. The molecule has 1 aromatic rings. The predicted molar refractivity (Wildman–Crippen MR) is 78.2 cm³/mol. The van der Waals surface area contributed by atoms with Crippen LogP contribution < -0.4 is 0 Å². The number of benzene rings is 1. The van der Waals surface area contributed by atoms with Crippen LogP contribution in [0.5, 0.6) is 5.75 Å². The zero-order valence-corrected chi connectivity index (χ0v) is 12.8. The van der Waals surface area contributed by atoms with Gasteiger partial charge in [-0.25, -0.2) is 8.42 Å². The summed E-state index contributed by atoms with van der Waals surface area (Å²) in [5, 5.41) is 9.43. The quantitative estimate of drug-likeness (QED) is 0.915. The zero-order valence-electron chi connectivity index (χ0n) is 12.0. The highest BCUT2D eigenvalue weighted by Crippen LogP contribution is 2.21. The first-order valence-corrected chi connectivity index (χ1v) is 8.42. The number of nitrogens with zero attached hydrogens (tertiary/aromatic N) is 2. The molecule has 1 atom stereocenters. The van der Waals surface area contributed by atoms with E-state index in [0.29, 0.717) is 19.1 Å². The van der Waals surface area contributed by atoms with Crippen molar-refractivity contribution in [3.05, 3.63) is 24.3 Å². The van der Waals surface area contributed by atoms with Crippen molar-refractivity contribution in [1.82, 2.24) is 9.21 Å². The molecule has 1 saturated heterocycles. The highest BCUT2D eigenvalue weighted by Gasteiger charge is 2.29. The van der Waals surface area contributed by atoms with Crippen LogP contribution in [0.15, 0.2) is 29.2 Å². The number of phenolic OH excluding ortho intramolecular Hbond substituents is 1. The Bertz CT molecular complexity index is 551. The fourth-order valence-corrected chi connectivity index (χ4v) is 3.90. The molecule has 0 amide bonds. The Morgan fingerprint density at radius 2 is 1.90 bits per heavy atom. The molecule has 1 unspecified atom stereocenters. The maximum absolute atomic E-state index is 12.5. The van der Waals surface area contributed by atoms with E-state index in [4.69, 9.17) is 0 Å². The fourth-order valence-electron chi connectivity index (χ4n) is 2.44. The molecule has 0 bridgehead atoms. The summed E-state index contributed by atoms with van der Waals surface area (Å²) in [4.78, 5) is 2.48. The van der Waals surface area contributed by atoms with Crippen molar-refractivity contribution >= 4 is 10.0 Å². The Hall–Kier alpha value is -1.11. The lowest BCUT2D eigenvalue weighted by Gasteiger charge is -2.37. The third-order valence-corrected chi connectivity index (χ3v) is 5.84. The number of aromatic hydroxyl groups is 1. The van der Waals surface area contributed by atoms with Crippen LogP contribution in [0, 0.1) is 0 Å². The Kier molecular flexibility index (Phi) is 4.67. The summed E-state index contributed by atoms with van der Waals surface area (Å²) in [6.45, 7) is 6.82. The molecular formula is C14H22N2O3S. The number of piperazine rings is 1. The maximum Gasteiger partial charge on any atom is 0.243 e. The largest absolute Gasteiger partial charge is 0.508 e. The summed E-state index contributed by atoms with van der Waals surface area (Å²) in [6, 6.07) is 6.34. The minimum atomic E-state index is -3.49. The Labute approximate surface area is 120 Å². The van der Waals surface area contributed by atoms with Gasteiger partial charge in [-0.2, -0.15) is 4.31 Å². The fraction of sp³-hybridized carbons (Fsp3) is 0.571. The second-order valence-electron chi connectivity index (χ2n) is 5.19. The second kappa shape index (κ2) is 6.11. The molecule has 6 heteroatoms. The van der Waals surface area contributed by atoms with Crippen LogP contribution in [0.3, 0.4) is 0 Å². The predicted octanol–water partition coefficient (Wildman–Crippen LogP) is 1.50. The molecule has 0 radical (unpaired) electrons. The number of phenols is 1. The Balaban J connectivity index is 2.10. The molecule has 5 nitrogen and oxygen atoms in total. The summed E-state index contributed by atoms with van der Waals surface area (Å²) in [5.41, 5.74) is 0. The van der Waals surface area contributed by atoms with Gasteiger partial charge in [0.15, 0.2) is 0 Å².